The second-order valence-corrected chi connectivity index (χ2v) is 5.47. The first-order valence-corrected chi connectivity index (χ1v) is 7.21. The maximum absolute atomic E-state index is 11.9. The van der Waals surface area contributed by atoms with Gasteiger partial charge in [0.25, 0.3) is 5.91 Å². The van der Waals surface area contributed by atoms with Crippen molar-refractivity contribution >= 4 is 27.9 Å². The van der Waals surface area contributed by atoms with Gasteiger partial charge in [0.1, 0.15) is 4.88 Å². The number of thiophene rings is 1. The number of nitrogens with zero attached hydrogens (tertiary/aromatic N) is 2. The molecular formula is C14H18N4OS. The molecule has 0 fully saturated rings. The molecule has 2 rings (SSSR count). The number of hydrogen-bond acceptors (Lipinski definition) is 5. The van der Waals surface area contributed by atoms with E-state index in [1.807, 2.05) is 32.2 Å². The average Bonchev–Trinajstić information content (AvgIpc) is 2.82. The molecule has 2 aromatic rings. The van der Waals surface area contributed by atoms with Crippen molar-refractivity contribution in [3.8, 4) is 0 Å². The van der Waals surface area contributed by atoms with E-state index in [1.165, 1.54) is 11.3 Å². The molecule has 0 aromatic carbocycles. The quantitative estimate of drug-likeness (QED) is 0.884. The van der Waals surface area contributed by atoms with Gasteiger partial charge in [0.15, 0.2) is 0 Å². The maximum atomic E-state index is 11.9. The minimum atomic E-state index is -0.112. The Morgan fingerprint density at radius 3 is 2.80 bits per heavy atom. The summed E-state index contributed by atoms with van der Waals surface area (Å²) in [5, 5.41) is 3.74. The van der Waals surface area contributed by atoms with Gasteiger partial charge in [-0.2, -0.15) is 0 Å². The Morgan fingerprint density at radius 1 is 1.45 bits per heavy atom. The lowest BCUT2D eigenvalue weighted by molar-refractivity contribution is 0.0960. The van der Waals surface area contributed by atoms with Crippen LogP contribution in [0.5, 0.6) is 0 Å². The topological polar surface area (TPSA) is 71.2 Å². The molecule has 0 bridgehead atoms. The summed E-state index contributed by atoms with van der Waals surface area (Å²) in [6, 6.07) is 5.78. The molecule has 0 aliphatic heterocycles. The molecule has 0 saturated carbocycles. The van der Waals surface area contributed by atoms with Crippen LogP contribution in [0.4, 0.5) is 10.7 Å². The Hall–Kier alpha value is -2.08. The standard InChI is InChI=1S/C14H18N4OS/c1-3-17-14(19)13-11(15)8-12(20-13)18(2)9-10-4-6-16-7-5-10/h4-8H,3,9,15H2,1-2H3,(H,17,19). The number of nitrogens with two attached hydrogens (primary N) is 1. The monoisotopic (exact) mass is 290 g/mol. The molecule has 0 atom stereocenters. The Kier molecular flexibility index (Phi) is 4.57. The molecule has 106 valence electrons. The van der Waals surface area contributed by atoms with E-state index < -0.39 is 0 Å². The molecule has 0 saturated heterocycles. The normalized spacial score (nSPS) is 10.3. The fourth-order valence-corrected chi connectivity index (χ4v) is 2.79. The van der Waals surface area contributed by atoms with Crippen molar-refractivity contribution < 1.29 is 4.79 Å². The summed E-state index contributed by atoms with van der Waals surface area (Å²) in [5.41, 5.74) is 7.60. The van der Waals surface area contributed by atoms with Crippen molar-refractivity contribution in [1.82, 2.24) is 10.3 Å². The summed E-state index contributed by atoms with van der Waals surface area (Å²) in [6.07, 6.45) is 3.54. The third-order valence-electron chi connectivity index (χ3n) is 2.84. The van der Waals surface area contributed by atoms with Crippen molar-refractivity contribution in [3.63, 3.8) is 0 Å². The van der Waals surface area contributed by atoms with Crippen molar-refractivity contribution in [1.29, 1.82) is 0 Å². The Labute approximate surface area is 122 Å². The van der Waals surface area contributed by atoms with Gasteiger partial charge in [-0.15, -0.1) is 11.3 Å². The lowest BCUT2D eigenvalue weighted by Crippen LogP contribution is -2.22. The molecule has 2 heterocycles. The summed E-state index contributed by atoms with van der Waals surface area (Å²) in [7, 11) is 1.98. The molecule has 0 spiro atoms. The maximum Gasteiger partial charge on any atom is 0.263 e. The SMILES string of the molecule is CCNC(=O)c1sc(N(C)Cc2ccncc2)cc1N. The third kappa shape index (κ3) is 3.27. The van der Waals surface area contributed by atoms with E-state index in [9.17, 15) is 4.79 Å². The summed E-state index contributed by atoms with van der Waals surface area (Å²) >= 11 is 1.41. The lowest BCUT2D eigenvalue weighted by Gasteiger charge is -2.16. The van der Waals surface area contributed by atoms with Crippen molar-refractivity contribution in [3.05, 3.63) is 41.0 Å². The van der Waals surface area contributed by atoms with Crippen LogP contribution in [0, 0.1) is 0 Å². The van der Waals surface area contributed by atoms with Crippen LogP contribution in [-0.2, 0) is 6.54 Å². The van der Waals surface area contributed by atoms with Crippen LogP contribution in [0.3, 0.4) is 0 Å². The molecule has 0 aliphatic carbocycles. The van der Waals surface area contributed by atoms with Crippen LogP contribution >= 0.6 is 11.3 Å². The van der Waals surface area contributed by atoms with E-state index in [4.69, 9.17) is 5.73 Å². The van der Waals surface area contributed by atoms with Crippen LogP contribution in [0.2, 0.25) is 0 Å². The van der Waals surface area contributed by atoms with Crippen molar-refractivity contribution in [2.24, 2.45) is 0 Å². The summed E-state index contributed by atoms with van der Waals surface area (Å²) in [5.74, 6) is -0.112. The first kappa shape index (κ1) is 14.3. The third-order valence-corrected chi connectivity index (χ3v) is 4.10. The van der Waals surface area contributed by atoms with E-state index in [-0.39, 0.29) is 5.91 Å². The highest BCUT2D eigenvalue weighted by Gasteiger charge is 2.15. The van der Waals surface area contributed by atoms with Crippen molar-refractivity contribution in [2.75, 3.05) is 24.2 Å². The van der Waals surface area contributed by atoms with Gasteiger partial charge in [0.05, 0.1) is 10.7 Å². The predicted molar refractivity (Wildman–Crippen MR) is 83.1 cm³/mol. The molecule has 20 heavy (non-hydrogen) atoms. The van der Waals surface area contributed by atoms with Gasteiger partial charge in [0, 0.05) is 32.5 Å². The number of rotatable bonds is 5. The van der Waals surface area contributed by atoms with Crippen LogP contribution in [0.25, 0.3) is 0 Å². The molecule has 6 heteroatoms. The number of nitrogen functional groups attached to an aromatic ring is 1. The van der Waals surface area contributed by atoms with Crippen molar-refractivity contribution in [2.45, 2.75) is 13.5 Å². The number of hydrogen-bond donors (Lipinski definition) is 2. The van der Waals surface area contributed by atoms with Crippen LogP contribution < -0.4 is 16.0 Å². The van der Waals surface area contributed by atoms with Gasteiger partial charge in [-0.05, 0) is 30.7 Å². The minimum absolute atomic E-state index is 0.112. The number of carbonyl (C=O) groups excluding carboxylic acids is 1. The largest absolute Gasteiger partial charge is 0.397 e. The molecule has 5 nitrogen and oxygen atoms in total. The Balaban J connectivity index is 2.13. The molecule has 1 amide bonds. The highest BCUT2D eigenvalue weighted by molar-refractivity contribution is 7.18. The number of pyridine rings is 1. The lowest BCUT2D eigenvalue weighted by atomic mass is 10.2. The molecule has 0 aliphatic rings. The van der Waals surface area contributed by atoms with Gasteiger partial charge in [-0.1, -0.05) is 0 Å². The minimum Gasteiger partial charge on any atom is -0.397 e. The van der Waals surface area contributed by atoms with Gasteiger partial charge in [0.2, 0.25) is 0 Å². The highest BCUT2D eigenvalue weighted by atomic mass is 32.1. The Bertz CT molecular complexity index is 582. The van der Waals surface area contributed by atoms with E-state index in [0.29, 0.717) is 17.1 Å². The summed E-state index contributed by atoms with van der Waals surface area (Å²) in [6.45, 7) is 3.23. The van der Waals surface area contributed by atoms with E-state index >= 15 is 0 Å². The number of nitrogens with one attached hydrogen (secondary N) is 1. The smallest absolute Gasteiger partial charge is 0.263 e. The zero-order valence-corrected chi connectivity index (χ0v) is 12.4. The number of amides is 1. The van der Waals surface area contributed by atoms with Crippen LogP contribution in [0.1, 0.15) is 22.2 Å². The number of carbonyl (C=O) groups is 1. The van der Waals surface area contributed by atoms with Gasteiger partial charge in [-0.3, -0.25) is 9.78 Å². The van der Waals surface area contributed by atoms with Gasteiger partial charge in [-0.25, -0.2) is 0 Å². The number of anilines is 2. The van der Waals surface area contributed by atoms with Crippen LogP contribution in [0.15, 0.2) is 30.6 Å². The van der Waals surface area contributed by atoms with E-state index in [0.717, 1.165) is 17.1 Å². The Morgan fingerprint density at radius 2 is 2.15 bits per heavy atom. The molecule has 3 N–H and O–H groups in total. The fourth-order valence-electron chi connectivity index (χ4n) is 1.84. The van der Waals surface area contributed by atoms with Gasteiger partial charge >= 0.3 is 0 Å². The predicted octanol–water partition coefficient (Wildman–Crippen LogP) is 2.11. The molecular weight excluding hydrogens is 272 g/mol. The molecule has 0 unspecified atom stereocenters. The van der Waals surface area contributed by atoms with E-state index in [2.05, 4.69) is 15.2 Å². The number of aromatic nitrogens is 1. The molecule has 2 aromatic heterocycles. The zero-order chi connectivity index (χ0) is 14.5. The second-order valence-electron chi connectivity index (χ2n) is 4.44. The first-order valence-electron chi connectivity index (χ1n) is 6.39. The second kappa shape index (κ2) is 6.38. The fraction of sp³-hybridized carbons (Fsp3) is 0.286. The zero-order valence-electron chi connectivity index (χ0n) is 11.6. The van der Waals surface area contributed by atoms with E-state index in [1.54, 1.807) is 12.4 Å². The summed E-state index contributed by atoms with van der Waals surface area (Å²) in [4.78, 5) is 18.5. The van der Waals surface area contributed by atoms with Crippen LogP contribution in [-0.4, -0.2) is 24.5 Å². The first-order chi connectivity index (χ1) is 9.61. The van der Waals surface area contributed by atoms with Gasteiger partial charge < -0.3 is 16.0 Å². The highest BCUT2D eigenvalue weighted by Crippen LogP contribution is 2.32. The summed E-state index contributed by atoms with van der Waals surface area (Å²) < 4.78 is 0. The molecule has 0 radical (unpaired) electrons. The average molecular weight is 290 g/mol.